The standard InChI is InChI=1S/C24H29N5O6S2/c1-5-8-16(2)28-23(31)21(15-22(30)25-17-9-6-11-19(13-17)29(32)33)36-24(28)26-18-10-7-12-20(14-18)37(34,35)27(3)4/h6-7,9-14,16,21H,5,8,15H2,1-4H3,(H,25,30)/t16-,21-/m0/s1. The number of non-ortho nitro benzene ring substituents is 1. The Morgan fingerprint density at radius 2 is 1.95 bits per heavy atom. The smallest absolute Gasteiger partial charge is 0.271 e. The van der Waals surface area contributed by atoms with Crippen molar-refractivity contribution in [2.75, 3.05) is 19.4 Å². The maximum atomic E-state index is 13.3. The second-order valence-corrected chi connectivity index (χ2v) is 12.0. The van der Waals surface area contributed by atoms with Crippen LogP contribution in [0.25, 0.3) is 0 Å². The highest BCUT2D eigenvalue weighted by Gasteiger charge is 2.41. The van der Waals surface area contributed by atoms with Crippen LogP contribution in [-0.2, 0) is 19.6 Å². The van der Waals surface area contributed by atoms with Gasteiger partial charge in [-0.05, 0) is 37.6 Å². The number of nitro groups is 1. The molecule has 0 bridgehead atoms. The second-order valence-electron chi connectivity index (χ2n) is 8.69. The van der Waals surface area contributed by atoms with Gasteiger partial charge < -0.3 is 5.32 Å². The summed E-state index contributed by atoms with van der Waals surface area (Å²) in [5.41, 5.74) is 0.476. The van der Waals surface area contributed by atoms with Crippen LogP contribution in [0.1, 0.15) is 33.1 Å². The van der Waals surface area contributed by atoms with Gasteiger partial charge in [0, 0.05) is 44.4 Å². The number of benzene rings is 2. The van der Waals surface area contributed by atoms with E-state index in [2.05, 4.69) is 10.3 Å². The first-order chi connectivity index (χ1) is 17.4. The van der Waals surface area contributed by atoms with Gasteiger partial charge in [0.2, 0.25) is 21.8 Å². The number of hydrogen-bond acceptors (Lipinski definition) is 8. The highest BCUT2D eigenvalue weighted by Crippen LogP contribution is 2.34. The monoisotopic (exact) mass is 547 g/mol. The Hall–Kier alpha value is -3.29. The number of anilines is 1. The van der Waals surface area contributed by atoms with E-state index in [9.17, 15) is 28.1 Å². The number of aliphatic imine (C=N–C) groups is 1. The molecular weight excluding hydrogens is 518 g/mol. The van der Waals surface area contributed by atoms with E-state index in [1.807, 2.05) is 13.8 Å². The fraction of sp³-hybridized carbons (Fsp3) is 0.375. The van der Waals surface area contributed by atoms with Gasteiger partial charge in [-0.2, -0.15) is 0 Å². The molecule has 0 aromatic heterocycles. The van der Waals surface area contributed by atoms with Crippen molar-refractivity contribution in [1.82, 2.24) is 9.21 Å². The molecule has 1 N–H and O–H groups in total. The lowest BCUT2D eigenvalue weighted by molar-refractivity contribution is -0.384. The lowest BCUT2D eigenvalue weighted by Crippen LogP contribution is -2.40. The molecule has 0 saturated carbocycles. The number of carbonyl (C=O) groups excluding carboxylic acids is 2. The molecule has 2 aromatic rings. The normalized spacial score (nSPS) is 17.9. The molecule has 1 aliphatic heterocycles. The fourth-order valence-corrected chi connectivity index (χ4v) is 5.95. The van der Waals surface area contributed by atoms with Crippen molar-refractivity contribution in [2.45, 2.75) is 49.3 Å². The van der Waals surface area contributed by atoms with Crippen molar-refractivity contribution in [1.29, 1.82) is 0 Å². The first kappa shape index (κ1) is 28.3. The summed E-state index contributed by atoms with van der Waals surface area (Å²) in [5.74, 6) is -0.731. The maximum Gasteiger partial charge on any atom is 0.271 e. The fourth-order valence-electron chi connectivity index (χ4n) is 3.76. The van der Waals surface area contributed by atoms with Gasteiger partial charge in [0.25, 0.3) is 5.69 Å². The Morgan fingerprint density at radius 3 is 2.59 bits per heavy atom. The summed E-state index contributed by atoms with van der Waals surface area (Å²) in [6, 6.07) is 11.5. The molecule has 13 heteroatoms. The van der Waals surface area contributed by atoms with Crippen LogP contribution in [0, 0.1) is 10.1 Å². The quantitative estimate of drug-likeness (QED) is 0.350. The molecule has 1 fully saturated rings. The minimum atomic E-state index is -3.67. The second kappa shape index (κ2) is 11.8. The van der Waals surface area contributed by atoms with Crippen LogP contribution in [0.15, 0.2) is 58.4 Å². The van der Waals surface area contributed by atoms with E-state index in [0.29, 0.717) is 17.3 Å². The Labute approximate surface area is 220 Å². The minimum Gasteiger partial charge on any atom is -0.326 e. The number of nitro benzene ring substituents is 1. The Bertz CT molecular complexity index is 1330. The van der Waals surface area contributed by atoms with Crippen molar-refractivity contribution in [3.8, 4) is 0 Å². The predicted octanol–water partition coefficient (Wildman–Crippen LogP) is 3.99. The van der Waals surface area contributed by atoms with Gasteiger partial charge >= 0.3 is 0 Å². The molecule has 0 aliphatic carbocycles. The third-order valence-corrected chi connectivity index (χ3v) is 8.61. The van der Waals surface area contributed by atoms with E-state index in [1.54, 1.807) is 17.0 Å². The lowest BCUT2D eigenvalue weighted by atomic mass is 10.1. The number of nitrogens with one attached hydrogen (secondary N) is 1. The lowest BCUT2D eigenvalue weighted by Gasteiger charge is -2.24. The number of amides is 2. The van der Waals surface area contributed by atoms with Gasteiger partial charge in [0.1, 0.15) is 5.25 Å². The first-order valence-corrected chi connectivity index (χ1v) is 13.9. The Balaban J connectivity index is 1.85. The summed E-state index contributed by atoms with van der Waals surface area (Å²) in [6.45, 7) is 3.90. The van der Waals surface area contributed by atoms with Gasteiger partial charge in [0.05, 0.1) is 15.5 Å². The molecular formula is C24H29N5O6S2. The zero-order valence-electron chi connectivity index (χ0n) is 20.9. The molecule has 0 unspecified atom stereocenters. The summed E-state index contributed by atoms with van der Waals surface area (Å²) in [5, 5.41) is 13.3. The van der Waals surface area contributed by atoms with Gasteiger partial charge in [0.15, 0.2) is 5.17 Å². The highest BCUT2D eigenvalue weighted by molar-refractivity contribution is 8.15. The first-order valence-electron chi connectivity index (χ1n) is 11.6. The molecule has 2 amide bonds. The van der Waals surface area contributed by atoms with Crippen LogP contribution in [0.5, 0.6) is 0 Å². The maximum absolute atomic E-state index is 13.3. The zero-order valence-corrected chi connectivity index (χ0v) is 22.6. The number of thioether (sulfide) groups is 1. The molecule has 2 aromatic carbocycles. The van der Waals surface area contributed by atoms with Crippen molar-refractivity contribution in [3.05, 3.63) is 58.6 Å². The van der Waals surface area contributed by atoms with Crippen LogP contribution in [0.4, 0.5) is 17.1 Å². The van der Waals surface area contributed by atoms with Crippen LogP contribution in [-0.4, -0.2) is 64.9 Å². The number of rotatable bonds is 10. The largest absolute Gasteiger partial charge is 0.326 e. The van der Waals surface area contributed by atoms with Crippen LogP contribution >= 0.6 is 11.8 Å². The Kier molecular flexibility index (Phi) is 9.05. The topological polar surface area (TPSA) is 142 Å². The van der Waals surface area contributed by atoms with Crippen molar-refractivity contribution < 1.29 is 22.9 Å². The van der Waals surface area contributed by atoms with Crippen molar-refractivity contribution in [2.24, 2.45) is 4.99 Å². The molecule has 1 saturated heterocycles. The summed E-state index contributed by atoms with van der Waals surface area (Å²) in [4.78, 5) is 42.7. The number of amidine groups is 1. The molecule has 198 valence electrons. The summed E-state index contributed by atoms with van der Waals surface area (Å²) < 4.78 is 26.2. The average molecular weight is 548 g/mol. The SMILES string of the molecule is CCC[C@H](C)N1C(=O)[C@H](CC(=O)Nc2cccc([N+](=O)[O-])c2)SC1=Nc1cccc(S(=O)(=O)N(C)C)c1. The predicted molar refractivity (Wildman–Crippen MR) is 143 cm³/mol. The van der Waals surface area contributed by atoms with Crippen molar-refractivity contribution in [3.63, 3.8) is 0 Å². The highest BCUT2D eigenvalue weighted by atomic mass is 32.2. The molecule has 11 nitrogen and oxygen atoms in total. The zero-order chi connectivity index (χ0) is 27.3. The third-order valence-electron chi connectivity index (χ3n) is 5.65. The van der Waals surface area contributed by atoms with Gasteiger partial charge in [-0.25, -0.2) is 17.7 Å². The number of sulfonamides is 1. The summed E-state index contributed by atoms with van der Waals surface area (Å²) >= 11 is 1.14. The van der Waals surface area contributed by atoms with E-state index in [4.69, 9.17) is 0 Å². The number of hydrogen-bond donors (Lipinski definition) is 1. The molecule has 1 heterocycles. The minimum absolute atomic E-state index is 0.0784. The Morgan fingerprint density at radius 1 is 1.24 bits per heavy atom. The number of nitrogens with zero attached hydrogens (tertiary/aromatic N) is 4. The molecule has 0 radical (unpaired) electrons. The van der Waals surface area contributed by atoms with E-state index >= 15 is 0 Å². The number of carbonyl (C=O) groups is 2. The van der Waals surface area contributed by atoms with Crippen molar-refractivity contribution >= 4 is 55.8 Å². The van der Waals surface area contributed by atoms with Gasteiger partial charge in [-0.1, -0.05) is 37.2 Å². The molecule has 0 spiro atoms. The van der Waals surface area contributed by atoms with Gasteiger partial charge in [-0.15, -0.1) is 0 Å². The average Bonchev–Trinajstić information content (AvgIpc) is 3.13. The van der Waals surface area contributed by atoms with Crippen LogP contribution < -0.4 is 5.32 Å². The van der Waals surface area contributed by atoms with E-state index in [0.717, 1.165) is 22.5 Å². The molecule has 1 aliphatic rings. The third kappa shape index (κ3) is 6.73. The van der Waals surface area contributed by atoms with E-state index in [-0.39, 0.29) is 34.6 Å². The molecule has 3 rings (SSSR count). The van der Waals surface area contributed by atoms with Gasteiger partial charge in [-0.3, -0.25) is 24.6 Å². The van der Waals surface area contributed by atoms with E-state index < -0.39 is 26.1 Å². The van der Waals surface area contributed by atoms with Crippen LogP contribution in [0.3, 0.4) is 0 Å². The molecule has 2 atom stereocenters. The summed E-state index contributed by atoms with van der Waals surface area (Å²) in [7, 11) is -0.783. The summed E-state index contributed by atoms with van der Waals surface area (Å²) in [6.07, 6.45) is 1.39. The van der Waals surface area contributed by atoms with E-state index in [1.165, 1.54) is 50.5 Å². The van der Waals surface area contributed by atoms with Crippen LogP contribution in [0.2, 0.25) is 0 Å². The molecule has 37 heavy (non-hydrogen) atoms.